The fourth-order valence-corrected chi connectivity index (χ4v) is 2.10. The van der Waals surface area contributed by atoms with E-state index < -0.39 is 0 Å². The molecule has 5 nitrogen and oxygen atoms in total. The van der Waals surface area contributed by atoms with Crippen LogP contribution in [0.15, 0.2) is 6.07 Å². The van der Waals surface area contributed by atoms with Crippen LogP contribution in [-0.2, 0) is 5.54 Å². The molecule has 5 heteroatoms. The molecule has 0 saturated heterocycles. The van der Waals surface area contributed by atoms with Crippen molar-refractivity contribution in [2.24, 2.45) is 5.73 Å². The molecule has 0 aromatic carbocycles. The van der Waals surface area contributed by atoms with E-state index in [9.17, 15) is 10.2 Å². The van der Waals surface area contributed by atoms with E-state index in [1.807, 2.05) is 13.8 Å². The van der Waals surface area contributed by atoms with Crippen LogP contribution in [0.5, 0.6) is 11.8 Å². The normalized spacial score (nSPS) is 12.9. The smallest absolute Gasteiger partial charge is 0.197 e. The molecule has 0 aliphatic heterocycles. The van der Waals surface area contributed by atoms with E-state index in [-0.39, 0.29) is 22.8 Å². The number of aryl methyl sites for hydroxylation is 1. The van der Waals surface area contributed by atoms with Crippen molar-refractivity contribution in [2.45, 2.75) is 52.1 Å². The van der Waals surface area contributed by atoms with Gasteiger partial charge in [0, 0.05) is 29.3 Å². The molecule has 0 spiro atoms. The van der Waals surface area contributed by atoms with Crippen molar-refractivity contribution in [3.8, 4) is 11.8 Å². The van der Waals surface area contributed by atoms with E-state index >= 15 is 0 Å². The fraction of sp³-hybridized carbons (Fsp3) is 0.714. The summed E-state index contributed by atoms with van der Waals surface area (Å²) in [5.74, 6) is 0.221. The molecule has 1 rings (SSSR count). The average molecular weight is 269 g/mol. The largest absolute Gasteiger partial charge is 0.494 e. The van der Waals surface area contributed by atoms with Crippen LogP contribution in [0.25, 0.3) is 0 Å². The van der Waals surface area contributed by atoms with Gasteiger partial charge in [0.25, 0.3) is 0 Å². The number of aromatic nitrogens is 1. The van der Waals surface area contributed by atoms with Gasteiger partial charge in [-0.15, -0.1) is 0 Å². The van der Waals surface area contributed by atoms with Gasteiger partial charge in [0.05, 0.1) is 0 Å². The summed E-state index contributed by atoms with van der Waals surface area (Å²) in [5, 5.41) is 23.3. The quantitative estimate of drug-likeness (QED) is 0.633. The van der Waals surface area contributed by atoms with Gasteiger partial charge in [0.15, 0.2) is 11.8 Å². The van der Waals surface area contributed by atoms with Gasteiger partial charge >= 0.3 is 0 Å². The molecule has 1 aromatic rings. The van der Waals surface area contributed by atoms with Crippen LogP contribution in [0, 0.1) is 6.92 Å². The van der Waals surface area contributed by atoms with Gasteiger partial charge < -0.3 is 21.3 Å². The molecule has 0 unspecified atom stereocenters. The zero-order valence-electron chi connectivity index (χ0n) is 12.6. The molecule has 1 heterocycles. The molecular weight excluding hydrogens is 242 g/mol. The van der Waals surface area contributed by atoms with Crippen molar-refractivity contribution in [3.63, 3.8) is 0 Å². The summed E-state index contributed by atoms with van der Waals surface area (Å²) in [6.45, 7) is 11.2. The Morgan fingerprint density at radius 1 is 1.26 bits per heavy atom. The van der Waals surface area contributed by atoms with Crippen molar-refractivity contribution >= 4 is 0 Å². The van der Waals surface area contributed by atoms with E-state index in [4.69, 9.17) is 5.73 Å². The van der Waals surface area contributed by atoms with Gasteiger partial charge in [-0.25, -0.2) is 0 Å². The maximum atomic E-state index is 10.0. The fourth-order valence-electron chi connectivity index (χ4n) is 2.10. The third-order valence-corrected chi connectivity index (χ3v) is 3.60. The maximum absolute atomic E-state index is 10.0. The molecule has 0 radical (unpaired) electrons. The minimum atomic E-state index is -0.375. The van der Waals surface area contributed by atoms with Crippen LogP contribution in [0.1, 0.15) is 39.7 Å². The van der Waals surface area contributed by atoms with Crippen LogP contribution >= 0.6 is 0 Å². The van der Waals surface area contributed by atoms with Crippen LogP contribution < -0.4 is 11.1 Å². The lowest BCUT2D eigenvalue weighted by Crippen LogP contribution is -2.47. The number of nitrogens with one attached hydrogen (secondary N) is 1. The van der Waals surface area contributed by atoms with Crippen LogP contribution in [-0.4, -0.2) is 33.4 Å². The highest BCUT2D eigenvalue weighted by Crippen LogP contribution is 2.35. The molecule has 110 valence electrons. The van der Waals surface area contributed by atoms with Crippen molar-refractivity contribution in [2.75, 3.05) is 13.1 Å². The SMILES string of the molecule is Cc1cc(O)n(C(C)(C)CCNC(C)(C)CN)c1O. The lowest BCUT2D eigenvalue weighted by molar-refractivity contribution is 0.240. The lowest BCUT2D eigenvalue weighted by Gasteiger charge is -2.31. The number of aromatic hydroxyl groups is 2. The Hall–Kier alpha value is -1.20. The van der Waals surface area contributed by atoms with Crippen LogP contribution in [0.3, 0.4) is 0 Å². The minimum absolute atomic E-state index is 0.0954. The predicted molar refractivity (Wildman–Crippen MR) is 77.6 cm³/mol. The Morgan fingerprint density at radius 3 is 2.26 bits per heavy atom. The molecule has 5 N–H and O–H groups in total. The van der Waals surface area contributed by atoms with Crippen molar-refractivity contribution in [3.05, 3.63) is 11.6 Å². The van der Waals surface area contributed by atoms with Gasteiger partial charge in [0.1, 0.15) is 0 Å². The second-order valence-electron chi connectivity index (χ2n) is 6.42. The zero-order chi connectivity index (χ0) is 14.8. The van der Waals surface area contributed by atoms with E-state index in [0.717, 1.165) is 13.0 Å². The van der Waals surface area contributed by atoms with Crippen molar-refractivity contribution in [1.29, 1.82) is 0 Å². The lowest BCUT2D eigenvalue weighted by atomic mass is 9.98. The van der Waals surface area contributed by atoms with E-state index in [1.54, 1.807) is 17.6 Å². The highest BCUT2D eigenvalue weighted by atomic mass is 16.3. The Morgan fingerprint density at radius 2 is 1.84 bits per heavy atom. The van der Waals surface area contributed by atoms with Crippen LogP contribution in [0.2, 0.25) is 0 Å². The first-order valence-electron chi connectivity index (χ1n) is 6.66. The molecule has 0 bridgehead atoms. The molecule has 0 atom stereocenters. The molecule has 0 aliphatic carbocycles. The van der Waals surface area contributed by atoms with Gasteiger partial charge in [-0.1, -0.05) is 0 Å². The number of hydrogen-bond donors (Lipinski definition) is 4. The Kier molecular flexibility index (Phi) is 4.53. The summed E-state index contributed by atoms with van der Waals surface area (Å²) in [4.78, 5) is 0. The zero-order valence-corrected chi connectivity index (χ0v) is 12.6. The summed E-state index contributed by atoms with van der Waals surface area (Å²) in [7, 11) is 0. The van der Waals surface area contributed by atoms with Gasteiger partial charge in [-0.2, -0.15) is 0 Å². The topological polar surface area (TPSA) is 83.4 Å². The summed E-state index contributed by atoms with van der Waals surface area (Å²) in [6, 6.07) is 1.58. The van der Waals surface area contributed by atoms with Crippen LogP contribution in [0.4, 0.5) is 0 Å². The molecule has 0 fully saturated rings. The van der Waals surface area contributed by atoms with Crippen molar-refractivity contribution < 1.29 is 10.2 Å². The molecule has 1 aromatic heterocycles. The number of rotatable bonds is 6. The van der Waals surface area contributed by atoms with E-state index in [1.165, 1.54) is 0 Å². The first-order chi connectivity index (χ1) is 8.60. The average Bonchev–Trinajstić information content (AvgIpc) is 2.52. The maximum Gasteiger partial charge on any atom is 0.197 e. The summed E-state index contributed by atoms with van der Waals surface area (Å²) >= 11 is 0. The number of nitrogens with zero attached hydrogens (tertiary/aromatic N) is 1. The van der Waals surface area contributed by atoms with Crippen molar-refractivity contribution in [1.82, 2.24) is 9.88 Å². The van der Waals surface area contributed by atoms with E-state index in [2.05, 4.69) is 19.2 Å². The molecule has 0 aliphatic rings. The second-order valence-corrected chi connectivity index (χ2v) is 6.42. The third kappa shape index (κ3) is 3.64. The van der Waals surface area contributed by atoms with Gasteiger partial charge in [0.2, 0.25) is 0 Å². The first-order valence-corrected chi connectivity index (χ1v) is 6.66. The van der Waals surface area contributed by atoms with Gasteiger partial charge in [-0.3, -0.25) is 4.57 Å². The van der Waals surface area contributed by atoms with E-state index in [0.29, 0.717) is 12.1 Å². The first kappa shape index (κ1) is 15.9. The molecule has 0 amide bonds. The molecular formula is C14H27N3O2. The standard InChI is InChI=1S/C14H27N3O2/c1-10-8-11(18)17(12(10)19)14(4,5)6-7-16-13(2,3)9-15/h8,16,18-19H,6-7,9,15H2,1-5H3. The minimum Gasteiger partial charge on any atom is -0.494 e. The second kappa shape index (κ2) is 5.43. The predicted octanol–water partition coefficient (Wildman–Crippen LogP) is 1.66. The number of nitrogens with two attached hydrogens (primary N) is 1. The summed E-state index contributed by atoms with van der Waals surface area (Å²) in [5.41, 5.74) is 5.87. The Bertz CT molecular complexity index is 436. The third-order valence-electron chi connectivity index (χ3n) is 3.60. The highest BCUT2D eigenvalue weighted by molar-refractivity contribution is 5.35. The summed E-state index contributed by atoms with van der Waals surface area (Å²) < 4.78 is 1.57. The molecule has 0 saturated carbocycles. The Balaban J connectivity index is 2.76. The van der Waals surface area contributed by atoms with Gasteiger partial charge in [-0.05, 0) is 47.6 Å². The molecule has 19 heavy (non-hydrogen) atoms. The Labute approximate surface area is 115 Å². The summed E-state index contributed by atoms with van der Waals surface area (Å²) in [6.07, 6.45) is 0.770. The monoisotopic (exact) mass is 269 g/mol. The number of hydrogen-bond acceptors (Lipinski definition) is 4. The highest BCUT2D eigenvalue weighted by Gasteiger charge is 2.27.